The topological polar surface area (TPSA) is 122 Å². The maximum absolute atomic E-state index is 11.5. The zero-order chi connectivity index (χ0) is 15.1. The number of halogens is 1. The van der Waals surface area contributed by atoms with E-state index < -0.39 is 16.9 Å². The molecule has 0 aliphatic heterocycles. The third-order valence-corrected chi connectivity index (χ3v) is 2.66. The molecule has 3 N–H and O–H groups in total. The first kappa shape index (κ1) is 15.9. The quantitative estimate of drug-likeness (QED) is 0.415. The zero-order valence-corrected chi connectivity index (χ0v) is 11.8. The van der Waals surface area contributed by atoms with Gasteiger partial charge in [-0.1, -0.05) is 15.9 Å². The highest BCUT2D eigenvalue weighted by atomic mass is 79.9. The number of hydrogen-bond donors (Lipinski definition) is 3. The number of nitro benzene ring substituents is 1. The van der Waals surface area contributed by atoms with Crippen LogP contribution < -0.4 is 10.6 Å². The van der Waals surface area contributed by atoms with Crippen LogP contribution in [0.2, 0.25) is 0 Å². The molecule has 0 radical (unpaired) electrons. The molecule has 0 aliphatic rings. The van der Waals surface area contributed by atoms with Gasteiger partial charge in [-0.15, -0.1) is 0 Å². The van der Waals surface area contributed by atoms with Crippen molar-refractivity contribution >= 4 is 39.3 Å². The van der Waals surface area contributed by atoms with Crippen LogP contribution in [0.4, 0.5) is 16.2 Å². The van der Waals surface area contributed by atoms with Gasteiger partial charge in [0.05, 0.1) is 10.6 Å². The predicted octanol–water partition coefficient (Wildman–Crippen LogP) is 2.34. The Morgan fingerprint density at radius 2 is 2.05 bits per heavy atom. The van der Waals surface area contributed by atoms with Crippen LogP contribution in [0.3, 0.4) is 0 Å². The molecule has 0 unspecified atom stereocenters. The van der Waals surface area contributed by atoms with Crippen molar-refractivity contribution in [2.45, 2.75) is 12.8 Å². The summed E-state index contributed by atoms with van der Waals surface area (Å²) in [5.74, 6) is -0.935. The molecule has 1 rings (SSSR count). The van der Waals surface area contributed by atoms with Gasteiger partial charge in [0, 0.05) is 29.6 Å². The van der Waals surface area contributed by atoms with Crippen molar-refractivity contribution in [3.8, 4) is 0 Å². The van der Waals surface area contributed by atoms with E-state index in [9.17, 15) is 19.7 Å². The molecule has 0 heterocycles. The fraction of sp³-hybridized carbons (Fsp3) is 0.273. The largest absolute Gasteiger partial charge is 0.481 e. The van der Waals surface area contributed by atoms with Crippen molar-refractivity contribution in [1.29, 1.82) is 0 Å². The summed E-state index contributed by atoms with van der Waals surface area (Å²) in [7, 11) is 0. The number of nitrogens with one attached hydrogen (secondary N) is 2. The molecule has 2 amide bonds. The van der Waals surface area contributed by atoms with E-state index in [-0.39, 0.29) is 24.3 Å². The number of aliphatic carboxylic acids is 1. The van der Waals surface area contributed by atoms with E-state index in [4.69, 9.17) is 5.11 Å². The summed E-state index contributed by atoms with van der Waals surface area (Å²) in [6.07, 6.45) is 0.268. The van der Waals surface area contributed by atoms with Gasteiger partial charge in [0.1, 0.15) is 0 Å². The van der Waals surface area contributed by atoms with Crippen molar-refractivity contribution in [3.63, 3.8) is 0 Å². The predicted molar refractivity (Wildman–Crippen MR) is 74.7 cm³/mol. The van der Waals surface area contributed by atoms with Crippen molar-refractivity contribution in [2.24, 2.45) is 0 Å². The van der Waals surface area contributed by atoms with Crippen LogP contribution in [0, 0.1) is 10.1 Å². The third kappa shape index (κ3) is 5.65. The first-order chi connectivity index (χ1) is 9.38. The Bertz CT molecular complexity index is 535. The van der Waals surface area contributed by atoms with Crippen molar-refractivity contribution in [3.05, 3.63) is 32.8 Å². The number of non-ortho nitro benzene ring substituents is 1. The molecule has 20 heavy (non-hydrogen) atoms. The maximum Gasteiger partial charge on any atom is 0.319 e. The number of rotatable bonds is 6. The lowest BCUT2D eigenvalue weighted by Crippen LogP contribution is -2.29. The minimum Gasteiger partial charge on any atom is -0.481 e. The number of urea groups is 1. The van der Waals surface area contributed by atoms with Crippen molar-refractivity contribution in [1.82, 2.24) is 5.32 Å². The van der Waals surface area contributed by atoms with Gasteiger partial charge in [0.25, 0.3) is 5.69 Å². The molecule has 0 spiro atoms. The highest BCUT2D eigenvalue weighted by Gasteiger charge is 2.10. The molecule has 0 bridgehead atoms. The number of carboxylic acid groups (broad SMARTS) is 1. The van der Waals surface area contributed by atoms with Crippen molar-refractivity contribution < 1.29 is 19.6 Å². The zero-order valence-electron chi connectivity index (χ0n) is 10.3. The molecule has 8 nitrogen and oxygen atoms in total. The average Bonchev–Trinajstić information content (AvgIpc) is 2.33. The molecule has 0 saturated carbocycles. The van der Waals surface area contributed by atoms with Crippen LogP contribution in [0.15, 0.2) is 22.7 Å². The second-order valence-electron chi connectivity index (χ2n) is 3.83. The standard InChI is InChI=1S/C11H12BrN3O5/c12-7-4-8(6-9(5-7)15(19)20)14-11(18)13-3-1-2-10(16)17/h4-6H,1-3H2,(H,16,17)(H2,13,14,18). The number of benzene rings is 1. The highest BCUT2D eigenvalue weighted by molar-refractivity contribution is 9.10. The van der Waals surface area contributed by atoms with Crippen LogP contribution >= 0.6 is 15.9 Å². The summed E-state index contributed by atoms with van der Waals surface area (Å²) >= 11 is 3.11. The Kier molecular flexibility index (Phi) is 5.91. The summed E-state index contributed by atoms with van der Waals surface area (Å²) in [6, 6.07) is 3.50. The lowest BCUT2D eigenvalue weighted by atomic mass is 10.3. The fourth-order valence-corrected chi connectivity index (χ4v) is 1.85. The number of carbonyl (C=O) groups is 2. The van der Waals surface area contributed by atoms with E-state index in [1.54, 1.807) is 0 Å². The highest BCUT2D eigenvalue weighted by Crippen LogP contribution is 2.24. The van der Waals surface area contributed by atoms with Gasteiger partial charge in [-0.05, 0) is 12.5 Å². The van der Waals surface area contributed by atoms with E-state index >= 15 is 0 Å². The Morgan fingerprint density at radius 1 is 1.35 bits per heavy atom. The summed E-state index contributed by atoms with van der Waals surface area (Å²) in [4.78, 5) is 31.9. The van der Waals surface area contributed by atoms with E-state index in [1.807, 2.05) is 0 Å². The molecule has 0 fully saturated rings. The molecule has 108 valence electrons. The molecular weight excluding hydrogens is 334 g/mol. The normalized spacial score (nSPS) is 9.85. The Labute approximate surface area is 122 Å². The number of nitrogens with zero attached hydrogens (tertiary/aromatic N) is 1. The lowest BCUT2D eigenvalue weighted by Gasteiger charge is -2.07. The van der Waals surface area contributed by atoms with E-state index in [0.717, 1.165) is 0 Å². The number of nitro groups is 1. The smallest absolute Gasteiger partial charge is 0.319 e. The van der Waals surface area contributed by atoms with Gasteiger partial charge in [-0.2, -0.15) is 0 Å². The van der Waals surface area contributed by atoms with Gasteiger partial charge in [0.2, 0.25) is 0 Å². The SMILES string of the molecule is O=C(O)CCCNC(=O)Nc1cc(Br)cc([N+](=O)[O-])c1. The molecule has 1 aromatic rings. The summed E-state index contributed by atoms with van der Waals surface area (Å²) in [6.45, 7) is 0.203. The molecule has 0 atom stereocenters. The molecule has 9 heteroatoms. The maximum atomic E-state index is 11.5. The van der Waals surface area contributed by atoms with Crippen LogP contribution in [-0.4, -0.2) is 28.6 Å². The Hall–Kier alpha value is -2.16. The number of amides is 2. The van der Waals surface area contributed by atoms with Crippen LogP contribution in [-0.2, 0) is 4.79 Å². The van der Waals surface area contributed by atoms with Gasteiger partial charge in [-0.3, -0.25) is 14.9 Å². The number of anilines is 1. The fourth-order valence-electron chi connectivity index (χ4n) is 1.37. The van der Waals surface area contributed by atoms with Gasteiger partial charge in [0.15, 0.2) is 0 Å². The second kappa shape index (κ2) is 7.43. The number of carboxylic acids is 1. The second-order valence-corrected chi connectivity index (χ2v) is 4.75. The number of carbonyl (C=O) groups excluding carboxylic acids is 1. The molecular formula is C11H12BrN3O5. The molecule has 1 aromatic carbocycles. The lowest BCUT2D eigenvalue weighted by molar-refractivity contribution is -0.384. The Balaban J connectivity index is 2.53. The van der Waals surface area contributed by atoms with Gasteiger partial charge >= 0.3 is 12.0 Å². The van der Waals surface area contributed by atoms with Gasteiger partial charge < -0.3 is 15.7 Å². The third-order valence-electron chi connectivity index (χ3n) is 2.20. The minimum absolute atomic E-state index is 0.0391. The summed E-state index contributed by atoms with van der Waals surface area (Å²) in [5.41, 5.74) is 0.113. The first-order valence-corrected chi connectivity index (χ1v) is 6.39. The Morgan fingerprint density at radius 3 is 2.65 bits per heavy atom. The van der Waals surface area contributed by atoms with Crippen LogP contribution in [0.1, 0.15) is 12.8 Å². The van der Waals surface area contributed by atoms with Gasteiger partial charge in [-0.25, -0.2) is 4.79 Å². The van der Waals surface area contributed by atoms with E-state index in [0.29, 0.717) is 10.9 Å². The molecule has 0 saturated heterocycles. The minimum atomic E-state index is -0.935. The summed E-state index contributed by atoms with van der Waals surface area (Å²) in [5, 5.41) is 24.0. The van der Waals surface area contributed by atoms with E-state index in [2.05, 4.69) is 26.6 Å². The van der Waals surface area contributed by atoms with Crippen LogP contribution in [0.5, 0.6) is 0 Å². The first-order valence-electron chi connectivity index (χ1n) is 5.60. The molecule has 0 aromatic heterocycles. The van der Waals surface area contributed by atoms with E-state index in [1.165, 1.54) is 18.2 Å². The van der Waals surface area contributed by atoms with Crippen molar-refractivity contribution in [2.75, 3.05) is 11.9 Å². The summed E-state index contributed by atoms with van der Waals surface area (Å²) < 4.78 is 0.466. The van der Waals surface area contributed by atoms with Crippen LogP contribution in [0.25, 0.3) is 0 Å². The molecule has 0 aliphatic carbocycles. The average molecular weight is 346 g/mol. The number of hydrogen-bond acceptors (Lipinski definition) is 4. The monoisotopic (exact) mass is 345 g/mol.